The third-order valence-corrected chi connectivity index (χ3v) is 20.2. The summed E-state index contributed by atoms with van der Waals surface area (Å²) in [6.07, 6.45) is 1.92. The van der Waals surface area contributed by atoms with Crippen molar-refractivity contribution in [3.63, 3.8) is 0 Å². The Morgan fingerprint density at radius 2 is 1.29 bits per heavy atom. The van der Waals surface area contributed by atoms with Crippen molar-refractivity contribution in [2.24, 2.45) is 68.3 Å². The summed E-state index contributed by atoms with van der Waals surface area (Å²) in [4.78, 5) is 46.3. The minimum atomic E-state index is -2.21. The minimum Gasteiger partial charge on any atom is -0.397 e. The number of hydrogen-bond acceptors (Lipinski definition) is 16. The van der Waals surface area contributed by atoms with E-state index in [0.29, 0.717) is 62.3 Å². The van der Waals surface area contributed by atoms with Crippen LogP contribution in [0.15, 0.2) is 49.6 Å². The molecule has 17 atom stereocenters. The van der Waals surface area contributed by atoms with Crippen molar-refractivity contribution >= 4 is 67.1 Å². The number of halogens is 1. The summed E-state index contributed by atoms with van der Waals surface area (Å²) in [5, 5.41) is 83.8. The average Bonchev–Trinajstić information content (AvgIpc) is 3.76. The highest BCUT2D eigenvalue weighted by molar-refractivity contribution is 9.10. The summed E-state index contributed by atoms with van der Waals surface area (Å²) in [7, 11) is 0. The Hall–Kier alpha value is -2.79. The van der Waals surface area contributed by atoms with Gasteiger partial charge in [0.25, 0.3) is 0 Å². The van der Waals surface area contributed by atoms with E-state index in [1.54, 1.807) is 30.4 Å². The molecule has 69 heavy (non-hydrogen) atoms. The first-order chi connectivity index (χ1) is 32.2. The molecule has 7 saturated carbocycles. The van der Waals surface area contributed by atoms with E-state index in [1.165, 1.54) is 0 Å². The summed E-state index contributed by atoms with van der Waals surface area (Å²) in [5.74, 6) is -8.03. The average molecular weight is 1060 g/mol. The lowest BCUT2D eigenvalue weighted by Crippen LogP contribution is -2.85. The van der Waals surface area contributed by atoms with E-state index < -0.39 is 103 Å². The van der Waals surface area contributed by atoms with Gasteiger partial charge in [0.05, 0.1) is 41.4 Å². The fraction of sp³-hybridized carbons (Fsp3) is 0.700. The molecule has 0 amide bonds. The highest BCUT2D eigenvalue weighted by Gasteiger charge is 2.89. The third-order valence-electron chi connectivity index (χ3n) is 18.3. The summed E-state index contributed by atoms with van der Waals surface area (Å²) < 4.78 is 11.8. The molecule has 12 aliphatic rings. The number of Topliss-reactive ketones (excluding diaryl/α,β-unsaturated/α-hetero) is 3. The molecule has 11 N–H and O–H groups in total. The molecule has 380 valence electrons. The van der Waals surface area contributed by atoms with Gasteiger partial charge in [-0.15, -0.1) is 24.5 Å². The number of ketones is 3. The van der Waals surface area contributed by atoms with Gasteiger partial charge in [-0.2, -0.15) is 0 Å². The van der Waals surface area contributed by atoms with Crippen molar-refractivity contribution in [2.75, 3.05) is 38.2 Å². The Morgan fingerprint density at radius 1 is 0.826 bits per heavy atom. The van der Waals surface area contributed by atoms with Gasteiger partial charge in [-0.1, -0.05) is 68.9 Å². The van der Waals surface area contributed by atoms with Crippen LogP contribution in [-0.2, 0) is 35.7 Å². The highest BCUT2D eigenvalue weighted by atomic mass is 79.9. The third kappa shape index (κ3) is 6.44. The molecule has 1 aromatic rings. The van der Waals surface area contributed by atoms with Gasteiger partial charge in [-0.05, 0) is 91.5 Å². The van der Waals surface area contributed by atoms with Crippen molar-refractivity contribution in [2.45, 2.75) is 119 Å². The maximum atomic E-state index is 13.7. The number of rotatable bonds is 5. The first-order valence-electron chi connectivity index (χ1n) is 23.9. The van der Waals surface area contributed by atoms with Crippen LogP contribution in [-0.4, -0.2) is 137 Å². The smallest absolute Gasteiger partial charge is 0.208 e. The van der Waals surface area contributed by atoms with Crippen molar-refractivity contribution in [3.05, 3.63) is 60.2 Å². The molecule has 1 aromatic heterocycles. The number of aliphatic hydroxyl groups excluding tert-OH is 5. The predicted octanol–water partition coefficient (Wildman–Crippen LogP) is 2.74. The van der Waals surface area contributed by atoms with E-state index >= 15 is 0 Å². The maximum Gasteiger partial charge on any atom is 0.208 e. The van der Waals surface area contributed by atoms with Crippen molar-refractivity contribution in [1.29, 1.82) is 0 Å². The van der Waals surface area contributed by atoms with Crippen LogP contribution in [0.5, 0.6) is 0 Å². The number of nitrogens with two attached hydrogens (primary N) is 1. The number of nitrogens with one attached hydrogen (secondary N) is 2. The zero-order valence-electron chi connectivity index (χ0n) is 40.0. The van der Waals surface area contributed by atoms with E-state index in [0.717, 1.165) is 15.7 Å². The second kappa shape index (κ2) is 17.4. The number of fused-ring (bicyclic) bond motifs is 5. The second-order valence-electron chi connectivity index (χ2n) is 22.2. The maximum absolute atomic E-state index is 13.7. The zero-order valence-corrected chi connectivity index (χ0v) is 43.2. The van der Waals surface area contributed by atoms with Gasteiger partial charge < -0.3 is 61.6 Å². The fourth-order valence-corrected chi connectivity index (χ4v) is 18.9. The number of carbonyl (C=O) groups is 3. The number of thiazole rings is 1. The molecule has 0 aromatic carbocycles. The standard InChI is InChI=1S/C24H30N2O5S.C20H25BrO6.C4H8N2S.C2H6O/c1-5-8-25-20-26-16-13(32-20)9-21(3,4)15-19(29)24(30)23-14(22(15,16)10-31-24)7-6-12(18(23)28)11(2)17(23)27;1-8-9-4-5-11-18-7-27-20(26,19(11,13(8)22)14(9)23)16(25)12(18)17(2,3)6-10(21)15(18)24;1-2-3-6-4(5)7;1-2-3/h5,12,14-15,18-19,28-30H,1-2,6-10H2,3-4H3,(H,25,26);9-12,14,16,23,25-26H,1,4-7H2,2-3H3;2H,1,3H2,(H3,5,6,7);3H,2H2,1H3/t12-,14-,15+,18+,19-,22-,23-,24-;9-,10?,11-,12+,14+,16-,18-,19-,20-;;/m00../s1. The molecule has 16 nitrogen and oxygen atoms in total. The molecule has 4 saturated heterocycles. The van der Waals surface area contributed by atoms with E-state index in [9.17, 15) is 45.0 Å². The van der Waals surface area contributed by atoms with Crippen LogP contribution >= 0.6 is 39.5 Å². The van der Waals surface area contributed by atoms with Gasteiger partial charge >= 0.3 is 0 Å². The van der Waals surface area contributed by atoms with E-state index in [4.69, 9.17) is 25.3 Å². The van der Waals surface area contributed by atoms with Crippen LogP contribution in [0.3, 0.4) is 0 Å². The Bertz CT molecular complexity index is 2380. The number of nitrogens with zero attached hydrogens (tertiary/aromatic N) is 1. The number of alkyl halides is 1. The number of hydrogen-bond donors (Lipinski definition) is 10. The molecule has 5 heterocycles. The Labute approximate surface area is 421 Å². The summed E-state index contributed by atoms with van der Waals surface area (Å²) in [6, 6.07) is 0. The SMILES string of the molecule is C=C1C(=O)[C@]23[C@H](O)[C@H]1CC[C@H]2[C@@]12CO[C@@]3(O)[C@@H](O)[C@@H]1C(C)(C)CC(Br)C2=O.C=CCNC(N)=S.C=CCNc1nc2c(s1)CC(C)(C)[C@H]1[C@H](O)[C@]3(O)OC[C@@]21[C@@H]1CC[C@H]2C(=C)C(=O)[C@]13[C@@H]2O.CCO. The molecule has 8 bridgehead atoms. The zero-order chi connectivity index (χ0) is 51.0. The first-order valence-corrected chi connectivity index (χ1v) is 26.1. The van der Waals surface area contributed by atoms with Crippen LogP contribution in [0.2, 0.25) is 0 Å². The van der Waals surface area contributed by atoms with Crippen LogP contribution in [0, 0.1) is 62.6 Å². The highest BCUT2D eigenvalue weighted by Crippen LogP contribution is 2.78. The predicted molar refractivity (Wildman–Crippen MR) is 265 cm³/mol. The molecule has 11 fully saturated rings. The Balaban J connectivity index is 0.000000158. The molecular formula is C50H69BrN4O12S2. The lowest BCUT2D eigenvalue weighted by Gasteiger charge is -2.73. The van der Waals surface area contributed by atoms with Gasteiger partial charge in [0.15, 0.2) is 27.6 Å². The molecule has 13 rings (SSSR count). The van der Waals surface area contributed by atoms with E-state index in [1.807, 2.05) is 13.8 Å². The van der Waals surface area contributed by atoms with Gasteiger partial charge in [-0.3, -0.25) is 14.4 Å². The van der Waals surface area contributed by atoms with Crippen LogP contribution < -0.4 is 16.4 Å². The van der Waals surface area contributed by atoms with Crippen LogP contribution in [0.1, 0.15) is 77.3 Å². The van der Waals surface area contributed by atoms with Gasteiger partial charge in [0.2, 0.25) is 11.6 Å². The monoisotopic (exact) mass is 1060 g/mol. The lowest BCUT2D eigenvalue weighted by molar-refractivity contribution is -0.437. The quantitative estimate of drug-likeness (QED) is 0.0879. The molecule has 4 spiro atoms. The summed E-state index contributed by atoms with van der Waals surface area (Å²) in [5.41, 5.74) is 0.440. The van der Waals surface area contributed by atoms with Crippen molar-refractivity contribution < 1.29 is 59.6 Å². The second-order valence-corrected chi connectivity index (χ2v) is 24.8. The molecule has 19 heteroatoms. The molecular weight excluding hydrogens is 993 g/mol. The Morgan fingerprint density at radius 3 is 1.75 bits per heavy atom. The minimum absolute atomic E-state index is 0.0425. The number of ether oxygens (including phenoxy) is 2. The van der Waals surface area contributed by atoms with Gasteiger partial charge in [-0.25, -0.2) is 4.98 Å². The first kappa shape index (κ1) is 52.5. The lowest BCUT2D eigenvalue weighted by atomic mass is 9.36. The molecule has 0 radical (unpaired) electrons. The van der Waals surface area contributed by atoms with Crippen molar-refractivity contribution in [1.82, 2.24) is 10.3 Å². The van der Waals surface area contributed by atoms with Crippen LogP contribution in [0.4, 0.5) is 5.13 Å². The largest absolute Gasteiger partial charge is 0.397 e. The van der Waals surface area contributed by atoms with Gasteiger partial charge in [0.1, 0.15) is 23.0 Å². The van der Waals surface area contributed by atoms with Crippen molar-refractivity contribution in [3.8, 4) is 0 Å². The number of anilines is 1. The normalized spacial score (nSPS) is 45.9. The summed E-state index contributed by atoms with van der Waals surface area (Å²) in [6.45, 7) is 26.5. The topological polar surface area (TPSA) is 274 Å². The molecule has 4 aliphatic heterocycles. The van der Waals surface area contributed by atoms with E-state index in [2.05, 4.69) is 78.9 Å². The molecule has 8 aliphatic carbocycles. The number of aromatic nitrogens is 1. The van der Waals surface area contributed by atoms with E-state index in [-0.39, 0.29) is 48.3 Å². The number of carbonyl (C=O) groups excluding carboxylic acids is 3. The van der Waals surface area contributed by atoms with Crippen LogP contribution in [0.25, 0.3) is 0 Å². The molecule has 1 unspecified atom stereocenters. The number of aliphatic hydroxyl groups is 7. The number of thiocarbonyl (C=S) groups is 1. The summed E-state index contributed by atoms with van der Waals surface area (Å²) >= 11 is 9.58. The fourth-order valence-electron chi connectivity index (χ4n) is 16.2. The Kier molecular flexibility index (Phi) is 13.3. The van der Waals surface area contributed by atoms with Gasteiger partial charge in [0, 0.05) is 53.7 Å².